The van der Waals surface area contributed by atoms with Gasteiger partial charge in [-0.1, -0.05) is 37.2 Å². The molecule has 2 heterocycles. The van der Waals surface area contributed by atoms with Gasteiger partial charge in [0.25, 0.3) is 0 Å². The fraction of sp³-hybridized carbons (Fsp3) is 0.400. The quantitative estimate of drug-likeness (QED) is 0.243. The molecule has 0 bridgehead atoms. The highest BCUT2D eigenvalue weighted by molar-refractivity contribution is 6.09. The first-order chi connectivity index (χ1) is 19.3. The number of fused-ring (bicyclic) bond motifs is 1. The zero-order valence-corrected chi connectivity index (χ0v) is 24.4. The summed E-state index contributed by atoms with van der Waals surface area (Å²) in [5, 5.41) is 23.9. The molecule has 4 rings (SSSR count). The highest BCUT2D eigenvalue weighted by atomic mass is 16.6. The van der Waals surface area contributed by atoms with Crippen molar-refractivity contribution >= 4 is 18.0 Å². The molecule has 2 amide bonds. The molecular formula is C30H36N4O7. The minimum Gasteiger partial charge on any atom is -0.496 e. The molecule has 11 heteroatoms. The Labute approximate surface area is 238 Å². The van der Waals surface area contributed by atoms with Gasteiger partial charge in [0, 0.05) is 19.2 Å². The number of nitrogens with one attached hydrogen (secondary N) is 2. The molecule has 218 valence electrons. The van der Waals surface area contributed by atoms with Gasteiger partial charge in [-0.05, 0) is 61.4 Å². The number of methoxy groups -OCH3 is 2. The van der Waals surface area contributed by atoms with Gasteiger partial charge in [-0.25, -0.2) is 9.59 Å². The van der Waals surface area contributed by atoms with Crippen LogP contribution in [0, 0.1) is 5.41 Å². The lowest BCUT2D eigenvalue weighted by Gasteiger charge is -2.31. The largest absolute Gasteiger partial charge is 0.496 e. The smallest absolute Gasteiger partial charge is 0.410 e. The zero-order chi connectivity index (χ0) is 30.1. The van der Waals surface area contributed by atoms with Crippen LogP contribution in [0.1, 0.15) is 62.9 Å². The van der Waals surface area contributed by atoms with Crippen molar-refractivity contribution in [2.24, 2.45) is 0 Å². The van der Waals surface area contributed by atoms with E-state index in [4.69, 9.17) is 24.1 Å². The number of carboxylic acid groups (broad SMARTS) is 1. The van der Waals surface area contributed by atoms with Gasteiger partial charge in [-0.15, -0.1) is 0 Å². The van der Waals surface area contributed by atoms with Gasteiger partial charge in [0.15, 0.2) is 17.3 Å². The summed E-state index contributed by atoms with van der Waals surface area (Å²) >= 11 is 0. The molecule has 0 atom stereocenters. The summed E-state index contributed by atoms with van der Waals surface area (Å²) in [5.41, 5.74) is 4.06. The van der Waals surface area contributed by atoms with Gasteiger partial charge in [-0.2, -0.15) is 0 Å². The number of hydrogen-bond donors (Lipinski definition) is 3. The van der Waals surface area contributed by atoms with Crippen LogP contribution in [0.5, 0.6) is 11.5 Å². The van der Waals surface area contributed by atoms with Crippen LogP contribution in [-0.4, -0.2) is 59.6 Å². The number of amidine groups is 1. The second-order valence-corrected chi connectivity index (χ2v) is 11.1. The van der Waals surface area contributed by atoms with Gasteiger partial charge >= 0.3 is 12.2 Å². The first kappa shape index (κ1) is 29.4. The number of ether oxygens (including phenoxy) is 3. The molecule has 0 saturated heterocycles. The Hall–Kier alpha value is -4.54. The predicted molar refractivity (Wildman–Crippen MR) is 153 cm³/mol. The Balaban J connectivity index is 1.83. The van der Waals surface area contributed by atoms with Crippen LogP contribution in [0.4, 0.5) is 9.59 Å². The maximum atomic E-state index is 12.7. The molecule has 2 aromatic carbocycles. The molecule has 0 aliphatic carbocycles. The number of hydrogen-bond acceptors (Lipinski definition) is 8. The van der Waals surface area contributed by atoms with E-state index in [0.717, 1.165) is 16.7 Å². The molecule has 1 aliphatic rings. The fourth-order valence-corrected chi connectivity index (χ4v) is 4.82. The Morgan fingerprint density at radius 1 is 1.10 bits per heavy atom. The van der Waals surface area contributed by atoms with E-state index in [-0.39, 0.29) is 17.7 Å². The van der Waals surface area contributed by atoms with Crippen LogP contribution in [-0.2, 0) is 17.7 Å². The van der Waals surface area contributed by atoms with E-state index >= 15 is 0 Å². The lowest BCUT2D eigenvalue weighted by atomic mass is 9.91. The van der Waals surface area contributed by atoms with Crippen LogP contribution < -0.4 is 14.8 Å². The molecule has 0 saturated carbocycles. The average Bonchev–Trinajstić information content (AvgIpc) is 3.35. The monoisotopic (exact) mass is 564 g/mol. The van der Waals surface area contributed by atoms with E-state index in [0.29, 0.717) is 53.5 Å². The zero-order valence-electron chi connectivity index (χ0n) is 24.4. The summed E-state index contributed by atoms with van der Waals surface area (Å²) in [5.74, 6) is 1.14. The predicted octanol–water partition coefficient (Wildman–Crippen LogP) is 6.04. The Bertz CT molecular complexity index is 1490. The molecule has 0 spiro atoms. The van der Waals surface area contributed by atoms with Crippen molar-refractivity contribution in [2.45, 2.75) is 59.1 Å². The molecule has 0 unspecified atom stereocenters. The van der Waals surface area contributed by atoms with Crippen molar-refractivity contribution in [1.82, 2.24) is 15.4 Å². The van der Waals surface area contributed by atoms with Gasteiger partial charge < -0.3 is 28.7 Å². The van der Waals surface area contributed by atoms with Crippen molar-refractivity contribution in [1.29, 1.82) is 5.41 Å². The molecule has 0 radical (unpaired) electrons. The van der Waals surface area contributed by atoms with E-state index in [1.54, 1.807) is 18.1 Å². The third kappa shape index (κ3) is 6.29. The molecule has 41 heavy (non-hydrogen) atoms. The number of nitrogens with zero attached hydrogens (tertiary/aromatic N) is 2. The lowest BCUT2D eigenvalue weighted by Crippen LogP contribution is -2.39. The van der Waals surface area contributed by atoms with Gasteiger partial charge in [0.2, 0.25) is 0 Å². The lowest BCUT2D eigenvalue weighted by molar-refractivity contribution is 0.0224. The molecular weight excluding hydrogens is 528 g/mol. The summed E-state index contributed by atoms with van der Waals surface area (Å²) in [6.45, 7) is 10.5. The molecule has 3 aromatic rings. The Kier molecular flexibility index (Phi) is 8.27. The van der Waals surface area contributed by atoms with Crippen molar-refractivity contribution in [3.63, 3.8) is 0 Å². The number of amides is 2. The van der Waals surface area contributed by atoms with Crippen molar-refractivity contribution in [3.05, 3.63) is 52.7 Å². The second kappa shape index (κ2) is 11.5. The summed E-state index contributed by atoms with van der Waals surface area (Å²) in [7, 11) is 3.13. The highest BCUT2D eigenvalue weighted by Gasteiger charge is 2.29. The Morgan fingerprint density at radius 3 is 2.41 bits per heavy atom. The van der Waals surface area contributed by atoms with Crippen molar-refractivity contribution in [2.75, 3.05) is 20.8 Å². The van der Waals surface area contributed by atoms with Crippen LogP contribution in [0.3, 0.4) is 0 Å². The first-order valence-electron chi connectivity index (χ1n) is 13.3. The van der Waals surface area contributed by atoms with E-state index in [1.165, 1.54) is 7.11 Å². The number of carbonyl (C=O) groups excluding carboxylic acids is 1. The summed E-state index contributed by atoms with van der Waals surface area (Å²) in [4.78, 5) is 25.7. The molecule has 11 nitrogen and oxygen atoms in total. The minimum atomic E-state index is -1.39. The normalized spacial score (nSPS) is 13.0. The highest BCUT2D eigenvalue weighted by Crippen LogP contribution is 2.44. The van der Waals surface area contributed by atoms with Gasteiger partial charge in [0.05, 0.1) is 25.3 Å². The van der Waals surface area contributed by atoms with Crippen LogP contribution in [0.15, 0.2) is 34.9 Å². The number of aromatic nitrogens is 1. The molecule has 3 N–H and O–H groups in total. The topological polar surface area (TPSA) is 147 Å². The average molecular weight is 565 g/mol. The van der Waals surface area contributed by atoms with E-state index < -0.39 is 17.5 Å². The van der Waals surface area contributed by atoms with Crippen molar-refractivity contribution < 1.29 is 33.4 Å². The third-order valence-corrected chi connectivity index (χ3v) is 6.74. The van der Waals surface area contributed by atoms with Crippen LogP contribution in [0.2, 0.25) is 0 Å². The number of benzene rings is 2. The number of rotatable bonds is 6. The summed E-state index contributed by atoms with van der Waals surface area (Å²) < 4.78 is 22.6. The fourth-order valence-electron chi connectivity index (χ4n) is 4.82. The first-order valence-corrected chi connectivity index (χ1v) is 13.3. The van der Waals surface area contributed by atoms with E-state index in [1.807, 2.05) is 58.9 Å². The van der Waals surface area contributed by atoms with E-state index in [9.17, 15) is 14.7 Å². The molecule has 1 aliphatic heterocycles. The van der Waals surface area contributed by atoms with Gasteiger partial charge in [-0.3, -0.25) is 10.7 Å². The third-order valence-electron chi connectivity index (χ3n) is 6.74. The van der Waals surface area contributed by atoms with E-state index in [2.05, 4.69) is 10.5 Å². The van der Waals surface area contributed by atoms with Gasteiger partial charge in [0.1, 0.15) is 17.1 Å². The van der Waals surface area contributed by atoms with Crippen LogP contribution >= 0.6 is 0 Å². The van der Waals surface area contributed by atoms with Crippen molar-refractivity contribution in [3.8, 4) is 33.9 Å². The summed E-state index contributed by atoms with van der Waals surface area (Å²) in [6, 6.07) is 9.41. The van der Waals surface area contributed by atoms with Crippen LogP contribution in [0.25, 0.3) is 22.5 Å². The Morgan fingerprint density at radius 2 is 1.80 bits per heavy atom. The molecule has 1 aromatic heterocycles. The standard InChI is InChI=1S/C30H36N4O7/c1-16(2)20-13-21(23(39-7)14-22(20)38-6)26-24(25(33-41-26)27(31)32-28(35)36)18-8-9-19-15-34(11-10-17(19)12-18)29(37)40-30(3,4)5/h8-9,12-14,16H,10-11,15H2,1-7H3,(H2,31,32)(H,35,36). The number of carbonyl (C=O) groups is 2. The second-order valence-electron chi connectivity index (χ2n) is 11.1. The maximum Gasteiger partial charge on any atom is 0.410 e. The minimum absolute atomic E-state index is 0.0394. The SMILES string of the molecule is COc1cc(OC)c(C(C)C)cc1-c1onc(C(=N)NC(=O)O)c1-c1ccc2c(c1)CCN(C(=O)OC(C)(C)C)C2. The summed E-state index contributed by atoms with van der Waals surface area (Å²) in [6.07, 6.45) is -1.16. The molecule has 0 fully saturated rings. The maximum absolute atomic E-state index is 12.7.